The number of rotatable bonds is 5. The van der Waals surface area contributed by atoms with Gasteiger partial charge in [0.1, 0.15) is 11.6 Å². The number of nitrogens with zero attached hydrogens (tertiary/aromatic N) is 2. The van der Waals surface area contributed by atoms with E-state index >= 15 is 0 Å². The molecule has 0 fully saturated rings. The largest absolute Gasteiger partial charge is 0.507 e. The van der Waals surface area contributed by atoms with E-state index < -0.39 is 6.09 Å². The summed E-state index contributed by atoms with van der Waals surface area (Å²) < 4.78 is 0. The zero-order chi connectivity index (χ0) is 23.7. The van der Waals surface area contributed by atoms with E-state index in [1.165, 1.54) is 4.90 Å². The summed E-state index contributed by atoms with van der Waals surface area (Å²) in [5.74, 6) is 0.898. The van der Waals surface area contributed by atoms with Gasteiger partial charge in [0.25, 0.3) is 0 Å². The molecule has 0 bridgehead atoms. The van der Waals surface area contributed by atoms with E-state index in [1.807, 2.05) is 42.5 Å². The van der Waals surface area contributed by atoms with Gasteiger partial charge in [-0.25, -0.2) is 9.78 Å². The summed E-state index contributed by atoms with van der Waals surface area (Å²) in [6, 6.07) is 13.5. The van der Waals surface area contributed by atoms with Gasteiger partial charge in [0.05, 0.1) is 18.4 Å². The van der Waals surface area contributed by atoms with Crippen molar-refractivity contribution < 1.29 is 15.0 Å². The van der Waals surface area contributed by atoms with Gasteiger partial charge in [-0.1, -0.05) is 71.9 Å². The zero-order valence-corrected chi connectivity index (χ0v) is 19.7. The fourth-order valence-corrected chi connectivity index (χ4v) is 3.70. The summed E-state index contributed by atoms with van der Waals surface area (Å²) in [4.78, 5) is 20.8. The number of carboxylic acid groups (broad SMARTS) is 1. The molecular formula is C26H33N3O3. The second-order valence-electron chi connectivity index (χ2n) is 10.3. The topological polar surface area (TPSA) is 89.5 Å². The quantitative estimate of drug-likeness (QED) is 0.454. The van der Waals surface area contributed by atoms with Crippen LogP contribution < -0.4 is 0 Å². The lowest BCUT2D eigenvalue weighted by Gasteiger charge is -2.28. The number of amides is 1. The highest BCUT2D eigenvalue weighted by Crippen LogP contribution is 2.41. The van der Waals surface area contributed by atoms with E-state index in [2.05, 4.69) is 51.5 Å². The maximum atomic E-state index is 11.8. The van der Waals surface area contributed by atoms with Crippen LogP contribution in [0.2, 0.25) is 0 Å². The van der Waals surface area contributed by atoms with E-state index in [-0.39, 0.29) is 23.9 Å². The fraction of sp³-hybridized carbons (Fsp3) is 0.385. The van der Waals surface area contributed by atoms with Gasteiger partial charge in [0.15, 0.2) is 0 Å². The number of H-pyrrole nitrogens is 1. The summed E-state index contributed by atoms with van der Waals surface area (Å²) in [7, 11) is 0. The Morgan fingerprint density at radius 3 is 2.03 bits per heavy atom. The second kappa shape index (κ2) is 8.69. The van der Waals surface area contributed by atoms with Crippen molar-refractivity contribution in [3.63, 3.8) is 0 Å². The molecular weight excluding hydrogens is 402 g/mol. The minimum absolute atomic E-state index is 0.153. The Bertz CT molecular complexity index is 1050. The number of carbonyl (C=O) groups is 1. The second-order valence-corrected chi connectivity index (χ2v) is 10.3. The van der Waals surface area contributed by atoms with Crippen LogP contribution in [0.5, 0.6) is 5.75 Å². The molecule has 0 radical (unpaired) electrons. The predicted molar refractivity (Wildman–Crippen MR) is 127 cm³/mol. The first-order valence-electron chi connectivity index (χ1n) is 10.8. The molecule has 32 heavy (non-hydrogen) atoms. The number of phenols is 1. The summed E-state index contributed by atoms with van der Waals surface area (Å²) in [5.41, 5.74) is 3.89. The molecule has 1 amide bonds. The molecule has 6 nitrogen and oxygen atoms in total. The van der Waals surface area contributed by atoms with Gasteiger partial charge >= 0.3 is 6.09 Å². The van der Waals surface area contributed by atoms with Crippen molar-refractivity contribution in [3.05, 3.63) is 71.2 Å². The molecule has 2 aromatic carbocycles. The molecule has 0 aliphatic carbocycles. The Morgan fingerprint density at radius 2 is 1.53 bits per heavy atom. The highest BCUT2D eigenvalue weighted by Gasteiger charge is 2.27. The number of nitrogens with one attached hydrogen (secondary N) is 1. The minimum atomic E-state index is -0.999. The number of benzene rings is 2. The van der Waals surface area contributed by atoms with Gasteiger partial charge in [-0.15, -0.1) is 0 Å². The molecule has 170 valence electrons. The zero-order valence-electron chi connectivity index (χ0n) is 19.7. The molecule has 3 aromatic rings. The van der Waals surface area contributed by atoms with E-state index in [4.69, 9.17) is 0 Å². The van der Waals surface area contributed by atoms with E-state index in [0.29, 0.717) is 11.6 Å². The van der Waals surface area contributed by atoms with Crippen LogP contribution in [0.4, 0.5) is 4.79 Å². The van der Waals surface area contributed by atoms with Crippen LogP contribution >= 0.6 is 0 Å². The van der Waals surface area contributed by atoms with Crippen molar-refractivity contribution in [1.29, 1.82) is 0 Å². The van der Waals surface area contributed by atoms with Crippen molar-refractivity contribution in [1.82, 2.24) is 14.9 Å². The summed E-state index contributed by atoms with van der Waals surface area (Å²) in [6.45, 7) is 12.9. The Morgan fingerprint density at radius 1 is 0.969 bits per heavy atom. The molecule has 1 heterocycles. The number of aromatic amines is 1. The van der Waals surface area contributed by atoms with Gasteiger partial charge < -0.3 is 15.2 Å². The lowest BCUT2D eigenvalue weighted by molar-refractivity contribution is 0.138. The lowest BCUT2D eigenvalue weighted by atomic mass is 9.78. The van der Waals surface area contributed by atoms with Crippen LogP contribution in [0.15, 0.2) is 48.7 Å². The molecule has 0 aliphatic rings. The fourth-order valence-electron chi connectivity index (χ4n) is 3.70. The molecule has 0 atom stereocenters. The Kier molecular flexibility index (Phi) is 6.35. The van der Waals surface area contributed by atoms with E-state index in [9.17, 15) is 15.0 Å². The standard InChI is InChI=1S/C26H33N3O3/c1-25(2,3)19-12-18(13-20(23(19)30)26(4,5)6)21-14-27-22(28-21)16-29(24(31)32)15-17-10-8-7-9-11-17/h7-14,30H,15-16H2,1-6H3,(H,27,28)(H,31,32). The maximum Gasteiger partial charge on any atom is 0.408 e. The molecule has 0 aliphatic heterocycles. The first-order valence-corrected chi connectivity index (χ1v) is 10.8. The SMILES string of the molecule is CC(C)(C)c1cc(-c2cnc(CN(Cc3ccccc3)C(=O)O)[nH]2)cc(C(C)(C)C)c1O. The van der Waals surface area contributed by atoms with E-state index in [1.54, 1.807) is 6.20 Å². The van der Waals surface area contributed by atoms with Gasteiger partial charge in [0.2, 0.25) is 0 Å². The molecule has 6 heteroatoms. The number of phenolic OH excluding ortho intramolecular Hbond substituents is 1. The van der Waals surface area contributed by atoms with Crippen molar-refractivity contribution in [2.24, 2.45) is 0 Å². The molecule has 3 N–H and O–H groups in total. The molecule has 0 unspecified atom stereocenters. The molecule has 1 aromatic heterocycles. The number of aromatic nitrogens is 2. The van der Waals surface area contributed by atoms with Crippen molar-refractivity contribution >= 4 is 6.09 Å². The van der Waals surface area contributed by atoms with Crippen molar-refractivity contribution in [2.45, 2.75) is 65.5 Å². The number of imidazole rings is 1. The Balaban J connectivity index is 1.94. The minimum Gasteiger partial charge on any atom is -0.507 e. The third-order valence-electron chi connectivity index (χ3n) is 5.49. The number of hydrogen-bond donors (Lipinski definition) is 3. The lowest BCUT2D eigenvalue weighted by Crippen LogP contribution is -2.28. The molecule has 3 rings (SSSR count). The first kappa shape index (κ1) is 23.4. The van der Waals surface area contributed by atoms with Crippen LogP contribution in [0, 0.1) is 0 Å². The van der Waals surface area contributed by atoms with Crippen LogP contribution in [0.25, 0.3) is 11.3 Å². The third kappa shape index (κ3) is 5.31. The summed E-state index contributed by atoms with van der Waals surface area (Å²) >= 11 is 0. The summed E-state index contributed by atoms with van der Waals surface area (Å²) in [5, 5.41) is 20.6. The molecule has 0 spiro atoms. The number of hydrogen-bond acceptors (Lipinski definition) is 3. The maximum absolute atomic E-state index is 11.8. The van der Waals surface area contributed by atoms with Gasteiger partial charge in [0, 0.05) is 23.2 Å². The van der Waals surface area contributed by atoms with Crippen LogP contribution in [0.3, 0.4) is 0 Å². The summed E-state index contributed by atoms with van der Waals surface area (Å²) in [6.07, 6.45) is 0.727. The highest BCUT2D eigenvalue weighted by atomic mass is 16.4. The predicted octanol–water partition coefficient (Wildman–Crippen LogP) is 6.06. The first-order chi connectivity index (χ1) is 14.9. The smallest absolute Gasteiger partial charge is 0.408 e. The van der Waals surface area contributed by atoms with Gasteiger partial charge in [-0.3, -0.25) is 4.90 Å². The van der Waals surface area contributed by atoms with E-state index in [0.717, 1.165) is 27.9 Å². The monoisotopic (exact) mass is 435 g/mol. The average molecular weight is 436 g/mol. The number of aromatic hydroxyl groups is 1. The van der Waals surface area contributed by atoms with Gasteiger partial charge in [-0.05, 0) is 28.5 Å². The highest BCUT2D eigenvalue weighted by molar-refractivity contribution is 5.67. The van der Waals surface area contributed by atoms with Crippen molar-refractivity contribution in [3.8, 4) is 17.0 Å². The van der Waals surface area contributed by atoms with Crippen LogP contribution in [-0.2, 0) is 23.9 Å². The Labute approximate surface area is 189 Å². The molecule has 0 saturated carbocycles. The van der Waals surface area contributed by atoms with Crippen LogP contribution in [-0.4, -0.2) is 31.2 Å². The third-order valence-corrected chi connectivity index (χ3v) is 5.49. The van der Waals surface area contributed by atoms with Crippen molar-refractivity contribution in [2.75, 3.05) is 0 Å². The molecule has 0 saturated heterocycles. The van der Waals surface area contributed by atoms with Crippen LogP contribution in [0.1, 0.15) is 64.1 Å². The Hall–Kier alpha value is -3.28. The van der Waals surface area contributed by atoms with Gasteiger partial charge in [-0.2, -0.15) is 0 Å². The average Bonchev–Trinajstić information content (AvgIpc) is 3.15. The normalized spacial score (nSPS) is 12.1.